The van der Waals surface area contributed by atoms with Crippen LogP contribution in [-0.2, 0) is 6.54 Å². The molecule has 7 nitrogen and oxygen atoms in total. The normalized spacial score (nSPS) is 15.1. The molecular weight excluding hydrogens is 461 g/mol. The van der Waals surface area contributed by atoms with E-state index in [1.54, 1.807) is 0 Å². The first kappa shape index (κ1) is 26.5. The first-order valence-corrected chi connectivity index (χ1v) is 11.7. The van der Waals surface area contributed by atoms with E-state index >= 15 is 0 Å². The van der Waals surface area contributed by atoms with E-state index in [1.807, 2.05) is 30.3 Å². The van der Waals surface area contributed by atoms with E-state index in [0.29, 0.717) is 44.8 Å². The van der Waals surface area contributed by atoms with Gasteiger partial charge >= 0.3 is 6.18 Å². The lowest BCUT2D eigenvalue weighted by Crippen LogP contribution is -2.40. The second-order valence-electron chi connectivity index (χ2n) is 8.87. The fraction of sp³-hybridized carbons (Fsp3) is 0.480. The van der Waals surface area contributed by atoms with Crippen molar-refractivity contribution in [3.63, 3.8) is 0 Å². The third-order valence-corrected chi connectivity index (χ3v) is 6.20. The maximum absolute atomic E-state index is 12.8. The minimum atomic E-state index is -4.17. The summed E-state index contributed by atoms with van der Waals surface area (Å²) in [5.41, 5.74) is 0.471. The van der Waals surface area contributed by atoms with Crippen LogP contribution < -0.4 is 16.2 Å². The molecule has 0 saturated carbocycles. The largest absolute Gasteiger partial charge is 0.401 e. The molecule has 0 aliphatic carbocycles. The zero-order chi connectivity index (χ0) is 25.4. The molecule has 2 heterocycles. The molecule has 2 amide bonds. The van der Waals surface area contributed by atoms with Crippen molar-refractivity contribution in [2.75, 3.05) is 33.2 Å². The summed E-state index contributed by atoms with van der Waals surface area (Å²) >= 11 is 0. The number of nitrogens with one attached hydrogen (secondary N) is 2. The summed E-state index contributed by atoms with van der Waals surface area (Å²) in [6.07, 6.45) is 0.221. The summed E-state index contributed by atoms with van der Waals surface area (Å²) in [6, 6.07) is 10.6. The number of pyridine rings is 1. The van der Waals surface area contributed by atoms with Gasteiger partial charge in [0.2, 0.25) is 0 Å². The average Bonchev–Trinajstić information content (AvgIpc) is 2.83. The highest BCUT2D eigenvalue weighted by Gasteiger charge is 2.32. The molecule has 1 fully saturated rings. The SMILES string of the molecule is CNC(=O)c1cc(C(=O)NCCCC2CCN(CC(F)(F)F)CC2)cn(Cc2ccccc2)c1=O. The number of amides is 2. The highest BCUT2D eigenvalue weighted by Crippen LogP contribution is 2.25. The highest BCUT2D eigenvalue weighted by atomic mass is 19.4. The fourth-order valence-corrected chi connectivity index (χ4v) is 4.34. The lowest BCUT2D eigenvalue weighted by Gasteiger charge is -2.32. The number of benzene rings is 1. The predicted molar refractivity (Wildman–Crippen MR) is 126 cm³/mol. The van der Waals surface area contributed by atoms with Gasteiger partial charge < -0.3 is 15.2 Å². The third-order valence-electron chi connectivity index (χ3n) is 6.20. The summed E-state index contributed by atoms with van der Waals surface area (Å²) in [6.45, 7) is 0.621. The van der Waals surface area contributed by atoms with Crippen LogP contribution in [0.25, 0.3) is 0 Å². The van der Waals surface area contributed by atoms with Gasteiger partial charge in [-0.15, -0.1) is 0 Å². The van der Waals surface area contributed by atoms with Crippen LogP contribution in [-0.4, -0.2) is 60.7 Å². The maximum Gasteiger partial charge on any atom is 0.401 e. The second-order valence-corrected chi connectivity index (χ2v) is 8.87. The molecule has 3 rings (SSSR count). The van der Waals surface area contributed by atoms with Gasteiger partial charge in [-0.2, -0.15) is 13.2 Å². The molecule has 0 spiro atoms. The summed E-state index contributed by atoms with van der Waals surface area (Å²) in [5.74, 6) is -0.621. The van der Waals surface area contributed by atoms with Gasteiger partial charge in [-0.3, -0.25) is 19.3 Å². The molecule has 1 saturated heterocycles. The second kappa shape index (κ2) is 12.0. The summed E-state index contributed by atoms with van der Waals surface area (Å²) in [5, 5.41) is 5.26. The Labute approximate surface area is 202 Å². The molecule has 0 radical (unpaired) electrons. The van der Waals surface area contributed by atoms with Crippen molar-refractivity contribution in [1.82, 2.24) is 20.1 Å². The quantitative estimate of drug-likeness (QED) is 0.527. The van der Waals surface area contributed by atoms with E-state index < -0.39 is 30.1 Å². The number of alkyl halides is 3. The predicted octanol–water partition coefficient (Wildman–Crippen LogP) is 3.04. The van der Waals surface area contributed by atoms with Crippen molar-refractivity contribution < 1.29 is 22.8 Å². The Balaban J connectivity index is 1.56. The molecule has 190 valence electrons. The topological polar surface area (TPSA) is 83.4 Å². The van der Waals surface area contributed by atoms with E-state index in [9.17, 15) is 27.6 Å². The number of halogens is 3. The van der Waals surface area contributed by atoms with Gasteiger partial charge in [-0.1, -0.05) is 30.3 Å². The van der Waals surface area contributed by atoms with E-state index in [2.05, 4.69) is 10.6 Å². The van der Waals surface area contributed by atoms with Crippen LogP contribution in [0.4, 0.5) is 13.2 Å². The van der Waals surface area contributed by atoms with Gasteiger partial charge in [0.15, 0.2) is 0 Å². The van der Waals surface area contributed by atoms with Gasteiger partial charge in [0, 0.05) is 19.8 Å². The number of hydrogen-bond acceptors (Lipinski definition) is 4. The highest BCUT2D eigenvalue weighted by molar-refractivity contribution is 5.99. The van der Waals surface area contributed by atoms with Gasteiger partial charge in [0.1, 0.15) is 5.56 Å². The smallest absolute Gasteiger partial charge is 0.355 e. The first-order chi connectivity index (χ1) is 16.7. The molecule has 10 heteroatoms. The molecule has 0 atom stereocenters. The molecule has 35 heavy (non-hydrogen) atoms. The Morgan fingerprint density at radius 2 is 1.77 bits per heavy atom. The zero-order valence-corrected chi connectivity index (χ0v) is 19.7. The Morgan fingerprint density at radius 1 is 1.09 bits per heavy atom. The van der Waals surface area contributed by atoms with Crippen LogP contribution in [0.2, 0.25) is 0 Å². The van der Waals surface area contributed by atoms with Gasteiger partial charge in [0.25, 0.3) is 17.4 Å². The fourth-order valence-electron chi connectivity index (χ4n) is 4.34. The van der Waals surface area contributed by atoms with Crippen molar-refractivity contribution in [1.29, 1.82) is 0 Å². The third kappa shape index (κ3) is 7.95. The van der Waals surface area contributed by atoms with E-state index in [-0.39, 0.29) is 17.7 Å². The summed E-state index contributed by atoms with van der Waals surface area (Å²) < 4.78 is 38.9. The van der Waals surface area contributed by atoms with Gasteiger partial charge in [0.05, 0.1) is 18.7 Å². The molecule has 1 aromatic heterocycles. The van der Waals surface area contributed by atoms with Crippen molar-refractivity contribution in [3.05, 3.63) is 69.6 Å². The van der Waals surface area contributed by atoms with Crippen LogP contribution in [0.1, 0.15) is 52.0 Å². The first-order valence-electron chi connectivity index (χ1n) is 11.7. The lowest BCUT2D eigenvalue weighted by molar-refractivity contribution is -0.148. The Hall–Kier alpha value is -3.14. The maximum atomic E-state index is 12.8. The molecule has 2 N–H and O–H groups in total. The number of nitrogens with zero attached hydrogens (tertiary/aromatic N) is 2. The van der Waals surface area contributed by atoms with Crippen molar-refractivity contribution in [2.24, 2.45) is 5.92 Å². The van der Waals surface area contributed by atoms with Crippen LogP contribution in [0.15, 0.2) is 47.4 Å². The molecular formula is C25H31F3N4O3. The average molecular weight is 493 g/mol. The molecule has 2 aromatic rings. The van der Waals surface area contributed by atoms with Gasteiger partial charge in [-0.05, 0) is 56.3 Å². The number of likely N-dealkylation sites (tertiary alicyclic amines) is 1. The number of carbonyl (C=O) groups excluding carboxylic acids is 2. The minimum Gasteiger partial charge on any atom is -0.355 e. The molecule has 0 unspecified atom stereocenters. The molecule has 1 aliphatic rings. The Morgan fingerprint density at radius 3 is 2.40 bits per heavy atom. The monoisotopic (exact) mass is 492 g/mol. The van der Waals surface area contributed by atoms with Crippen LogP contribution in [0, 0.1) is 5.92 Å². The number of aromatic nitrogens is 1. The molecule has 1 aliphatic heterocycles. The summed E-state index contributed by atoms with van der Waals surface area (Å²) in [7, 11) is 1.42. The van der Waals surface area contributed by atoms with E-state index in [4.69, 9.17) is 0 Å². The van der Waals surface area contributed by atoms with Crippen molar-refractivity contribution in [2.45, 2.75) is 38.4 Å². The zero-order valence-electron chi connectivity index (χ0n) is 19.7. The van der Waals surface area contributed by atoms with Gasteiger partial charge in [-0.25, -0.2) is 0 Å². The molecule has 1 aromatic carbocycles. The standard InChI is InChI=1S/C25H31F3N4O3/c1-29-23(34)21-14-20(16-32(24(21)35)15-19-6-3-2-4-7-19)22(33)30-11-5-8-18-9-12-31(13-10-18)17-25(26,27)28/h2-4,6-7,14,16,18H,5,8-13,15,17H2,1H3,(H,29,34)(H,30,33). The Kier molecular flexibility index (Phi) is 9.08. The molecule has 0 bridgehead atoms. The Bertz CT molecular complexity index is 1060. The van der Waals surface area contributed by atoms with E-state index in [0.717, 1.165) is 12.0 Å². The lowest BCUT2D eigenvalue weighted by atomic mass is 9.92. The van der Waals surface area contributed by atoms with Crippen molar-refractivity contribution >= 4 is 11.8 Å². The number of rotatable bonds is 9. The van der Waals surface area contributed by atoms with Crippen LogP contribution in [0.5, 0.6) is 0 Å². The number of carbonyl (C=O) groups is 2. The minimum absolute atomic E-state index is 0.110. The van der Waals surface area contributed by atoms with Crippen molar-refractivity contribution in [3.8, 4) is 0 Å². The number of hydrogen-bond donors (Lipinski definition) is 2. The van der Waals surface area contributed by atoms with Crippen LogP contribution in [0.3, 0.4) is 0 Å². The van der Waals surface area contributed by atoms with Crippen LogP contribution >= 0.6 is 0 Å². The van der Waals surface area contributed by atoms with E-state index in [1.165, 1.54) is 28.8 Å². The summed E-state index contributed by atoms with van der Waals surface area (Å²) in [4.78, 5) is 39.2. The number of piperidine rings is 1.